The maximum Gasteiger partial charge on any atom is 0.357 e. The van der Waals surface area contributed by atoms with Crippen molar-refractivity contribution in [2.75, 3.05) is 32.9 Å². The summed E-state index contributed by atoms with van der Waals surface area (Å²) in [6.45, 7) is 1.88. The summed E-state index contributed by atoms with van der Waals surface area (Å²) in [7, 11) is 0. The van der Waals surface area contributed by atoms with Crippen molar-refractivity contribution in [1.29, 1.82) is 0 Å². The first-order valence-corrected chi connectivity index (χ1v) is 5.71. The Hall–Kier alpha value is -1.95. The summed E-state index contributed by atoms with van der Waals surface area (Å²) in [5.74, 6) is -0.792. The van der Waals surface area contributed by atoms with E-state index in [9.17, 15) is 9.59 Å². The van der Waals surface area contributed by atoms with Gasteiger partial charge in [-0.15, -0.1) is 0 Å². The number of ether oxygens (including phenoxy) is 2. The van der Waals surface area contributed by atoms with Gasteiger partial charge in [0.15, 0.2) is 6.61 Å². The molecule has 6 heteroatoms. The first-order chi connectivity index (χ1) is 8.77. The van der Waals surface area contributed by atoms with Crippen LogP contribution in [0.25, 0.3) is 0 Å². The van der Waals surface area contributed by atoms with E-state index < -0.39 is 5.97 Å². The first-order valence-electron chi connectivity index (χ1n) is 5.71. The smallest absolute Gasteiger partial charge is 0.357 e. The average Bonchev–Trinajstić information content (AvgIpc) is 2.46. The molecule has 0 aromatic carbocycles. The summed E-state index contributed by atoms with van der Waals surface area (Å²) in [6.07, 6.45) is 1.50. The Kier molecular flexibility index (Phi) is 4.25. The van der Waals surface area contributed by atoms with E-state index in [4.69, 9.17) is 9.47 Å². The highest BCUT2D eigenvalue weighted by Crippen LogP contribution is 2.00. The van der Waals surface area contributed by atoms with Crippen molar-refractivity contribution in [3.05, 3.63) is 30.1 Å². The number of hydrogen-bond donors (Lipinski definition) is 0. The van der Waals surface area contributed by atoms with Crippen LogP contribution in [0.2, 0.25) is 0 Å². The van der Waals surface area contributed by atoms with Crippen molar-refractivity contribution >= 4 is 11.9 Å². The van der Waals surface area contributed by atoms with Gasteiger partial charge < -0.3 is 14.4 Å². The third kappa shape index (κ3) is 3.27. The zero-order valence-corrected chi connectivity index (χ0v) is 9.87. The lowest BCUT2D eigenvalue weighted by molar-refractivity contribution is -0.138. The van der Waals surface area contributed by atoms with Gasteiger partial charge in [-0.05, 0) is 12.1 Å². The molecule has 1 aliphatic rings. The molecule has 0 unspecified atom stereocenters. The van der Waals surface area contributed by atoms with E-state index in [-0.39, 0.29) is 18.2 Å². The van der Waals surface area contributed by atoms with Crippen molar-refractivity contribution < 1.29 is 19.1 Å². The summed E-state index contributed by atoms with van der Waals surface area (Å²) in [6, 6.07) is 4.94. The molecular formula is C12H14N2O4. The highest BCUT2D eigenvalue weighted by atomic mass is 16.5. The fraction of sp³-hybridized carbons (Fsp3) is 0.417. The molecule has 1 amide bonds. The number of pyridine rings is 1. The van der Waals surface area contributed by atoms with Gasteiger partial charge in [-0.1, -0.05) is 6.07 Å². The lowest BCUT2D eigenvalue weighted by Crippen LogP contribution is -2.42. The van der Waals surface area contributed by atoms with E-state index >= 15 is 0 Å². The molecule has 2 rings (SSSR count). The second-order valence-corrected chi connectivity index (χ2v) is 3.78. The van der Waals surface area contributed by atoms with E-state index in [2.05, 4.69) is 4.98 Å². The van der Waals surface area contributed by atoms with Crippen LogP contribution in [0.3, 0.4) is 0 Å². The van der Waals surface area contributed by atoms with Crippen LogP contribution in [-0.2, 0) is 14.3 Å². The maximum atomic E-state index is 11.7. The topological polar surface area (TPSA) is 68.7 Å². The van der Waals surface area contributed by atoms with E-state index in [0.29, 0.717) is 26.3 Å². The van der Waals surface area contributed by atoms with Gasteiger partial charge in [0.25, 0.3) is 5.91 Å². The minimum atomic E-state index is -0.586. The monoisotopic (exact) mass is 250 g/mol. The van der Waals surface area contributed by atoms with Crippen LogP contribution in [0, 0.1) is 0 Å². The zero-order chi connectivity index (χ0) is 12.8. The molecule has 0 aliphatic carbocycles. The number of aromatic nitrogens is 1. The van der Waals surface area contributed by atoms with E-state index in [1.165, 1.54) is 6.20 Å². The summed E-state index contributed by atoms with van der Waals surface area (Å²) in [4.78, 5) is 28.7. The molecule has 1 aromatic heterocycles. The summed E-state index contributed by atoms with van der Waals surface area (Å²) >= 11 is 0. The predicted octanol–water partition coefficient (Wildman–Crippen LogP) is 0.0972. The molecule has 96 valence electrons. The molecule has 0 radical (unpaired) electrons. The standard InChI is InChI=1S/C12H14N2O4/c15-11(14-5-7-17-8-6-14)9-18-12(16)10-3-1-2-4-13-10/h1-4H,5-9H2. The van der Waals surface area contributed by atoms with Crippen molar-refractivity contribution in [2.24, 2.45) is 0 Å². The van der Waals surface area contributed by atoms with Crippen LogP contribution >= 0.6 is 0 Å². The molecule has 18 heavy (non-hydrogen) atoms. The molecule has 0 atom stereocenters. The number of amides is 1. The fourth-order valence-corrected chi connectivity index (χ4v) is 1.59. The fourth-order valence-electron chi connectivity index (χ4n) is 1.59. The Morgan fingerprint density at radius 3 is 2.78 bits per heavy atom. The van der Waals surface area contributed by atoms with Crippen LogP contribution in [0.15, 0.2) is 24.4 Å². The maximum absolute atomic E-state index is 11.7. The zero-order valence-electron chi connectivity index (χ0n) is 9.87. The molecular weight excluding hydrogens is 236 g/mol. The highest BCUT2D eigenvalue weighted by molar-refractivity contribution is 5.89. The van der Waals surface area contributed by atoms with Crippen LogP contribution in [-0.4, -0.2) is 54.7 Å². The molecule has 0 bridgehead atoms. The molecule has 6 nitrogen and oxygen atoms in total. The lowest BCUT2D eigenvalue weighted by atomic mass is 10.3. The second-order valence-electron chi connectivity index (χ2n) is 3.78. The van der Waals surface area contributed by atoms with Crippen molar-refractivity contribution in [3.8, 4) is 0 Å². The second kappa shape index (κ2) is 6.11. The number of hydrogen-bond acceptors (Lipinski definition) is 5. The largest absolute Gasteiger partial charge is 0.451 e. The highest BCUT2D eigenvalue weighted by Gasteiger charge is 2.18. The number of rotatable bonds is 3. The lowest BCUT2D eigenvalue weighted by Gasteiger charge is -2.26. The molecule has 0 N–H and O–H groups in total. The van der Waals surface area contributed by atoms with Crippen LogP contribution in [0.5, 0.6) is 0 Å². The van der Waals surface area contributed by atoms with Gasteiger partial charge in [-0.25, -0.2) is 9.78 Å². The summed E-state index contributed by atoms with van der Waals surface area (Å²) in [5, 5.41) is 0. The Labute approximate surface area is 105 Å². The van der Waals surface area contributed by atoms with Crippen LogP contribution in [0.1, 0.15) is 10.5 Å². The van der Waals surface area contributed by atoms with Gasteiger partial charge in [-0.3, -0.25) is 4.79 Å². The molecule has 1 aromatic rings. The molecule has 0 saturated carbocycles. The Morgan fingerprint density at radius 2 is 2.11 bits per heavy atom. The summed E-state index contributed by atoms with van der Waals surface area (Å²) in [5.41, 5.74) is 0.201. The quantitative estimate of drug-likeness (QED) is 0.711. The van der Waals surface area contributed by atoms with Crippen LogP contribution in [0.4, 0.5) is 0 Å². The van der Waals surface area contributed by atoms with Crippen LogP contribution < -0.4 is 0 Å². The number of esters is 1. The minimum absolute atomic E-state index is 0.201. The van der Waals surface area contributed by atoms with Crippen molar-refractivity contribution in [2.45, 2.75) is 0 Å². The van der Waals surface area contributed by atoms with E-state index in [1.807, 2.05) is 0 Å². The number of carbonyl (C=O) groups excluding carboxylic acids is 2. The van der Waals surface area contributed by atoms with E-state index in [1.54, 1.807) is 23.1 Å². The van der Waals surface area contributed by atoms with Gasteiger partial charge >= 0.3 is 5.97 Å². The number of morpholine rings is 1. The normalized spacial score (nSPS) is 15.2. The minimum Gasteiger partial charge on any atom is -0.451 e. The Balaban J connectivity index is 1.80. The first kappa shape index (κ1) is 12.5. The van der Waals surface area contributed by atoms with Crippen molar-refractivity contribution in [3.63, 3.8) is 0 Å². The average molecular weight is 250 g/mol. The predicted molar refractivity (Wildman–Crippen MR) is 61.9 cm³/mol. The molecule has 1 aliphatic heterocycles. The third-order valence-corrected chi connectivity index (χ3v) is 2.56. The number of carbonyl (C=O) groups is 2. The number of nitrogens with zero attached hydrogens (tertiary/aromatic N) is 2. The van der Waals surface area contributed by atoms with Gasteiger partial charge in [-0.2, -0.15) is 0 Å². The third-order valence-electron chi connectivity index (χ3n) is 2.56. The van der Waals surface area contributed by atoms with Gasteiger partial charge in [0.2, 0.25) is 0 Å². The molecule has 2 heterocycles. The summed E-state index contributed by atoms with van der Waals surface area (Å²) < 4.78 is 10.0. The SMILES string of the molecule is O=C(OCC(=O)N1CCOCC1)c1ccccn1. The van der Waals surface area contributed by atoms with Crippen molar-refractivity contribution in [1.82, 2.24) is 9.88 Å². The molecule has 1 saturated heterocycles. The van der Waals surface area contributed by atoms with E-state index in [0.717, 1.165) is 0 Å². The van der Waals surface area contributed by atoms with Gasteiger partial charge in [0.05, 0.1) is 13.2 Å². The van der Waals surface area contributed by atoms with Gasteiger partial charge in [0.1, 0.15) is 5.69 Å². The van der Waals surface area contributed by atoms with Gasteiger partial charge in [0, 0.05) is 19.3 Å². The Morgan fingerprint density at radius 1 is 1.33 bits per heavy atom. The Bertz CT molecular complexity index is 415. The molecule has 0 spiro atoms. The molecule has 1 fully saturated rings.